The van der Waals surface area contributed by atoms with Gasteiger partial charge in [-0.1, -0.05) is 52.0 Å². The van der Waals surface area contributed by atoms with Crippen LogP contribution in [-0.2, 0) is 14.3 Å². The number of rotatable bonds is 3. The van der Waals surface area contributed by atoms with Gasteiger partial charge in [-0.15, -0.1) is 0 Å². The molecule has 2 aliphatic heterocycles. The van der Waals surface area contributed by atoms with E-state index in [1.807, 2.05) is 13.8 Å². The molecule has 5 N–H and O–H groups in total. The third kappa shape index (κ3) is 7.12. The summed E-state index contributed by atoms with van der Waals surface area (Å²) in [5, 5.41) is 48.3. The van der Waals surface area contributed by atoms with Gasteiger partial charge in [-0.2, -0.15) is 0 Å². The molecular formula is C44H52N2O12. The van der Waals surface area contributed by atoms with Crippen molar-refractivity contribution in [3.63, 3.8) is 0 Å². The van der Waals surface area contributed by atoms with E-state index >= 15 is 0 Å². The summed E-state index contributed by atoms with van der Waals surface area (Å²) in [5.41, 5.74) is 0.239. The minimum atomic E-state index is -2.01. The van der Waals surface area contributed by atoms with E-state index < -0.39 is 76.7 Å². The zero-order valence-corrected chi connectivity index (χ0v) is 34.4. The lowest BCUT2D eigenvalue weighted by Crippen LogP contribution is -2.44. The Kier molecular flexibility index (Phi) is 11.8. The zero-order valence-electron chi connectivity index (χ0n) is 34.4. The van der Waals surface area contributed by atoms with E-state index in [1.54, 1.807) is 52.0 Å². The molecule has 0 radical (unpaired) electrons. The van der Waals surface area contributed by atoms with Gasteiger partial charge in [0.15, 0.2) is 28.1 Å². The molecule has 3 heterocycles. The highest BCUT2D eigenvalue weighted by atomic mass is 16.7. The number of hydrogen-bond acceptors (Lipinski definition) is 13. The predicted octanol–water partition coefficient (Wildman–Crippen LogP) is 6.13. The molecule has 1 amide bonds. The number of ketones is 1. The molecule has 0 fully saturated rings. The van der Waals surface area contributed by atoms with Crippen molar-refractivity contribution in [2.75, 3.05) is 19.0 Å². The third-order valence-corrected chi connectivity index (χ3v) is 11.7. The summed E-state index contributed by atoms with van der Waals surface area (Å²) >= 11 is 0. The molecule has 0 spiro atoms. The molecule has 14 heteroatoms. The van der Waals surface area contributed by atoms with E-state index in [2.05, 4.69) is 5.32 Å². The van der Waals surface area contributed by atoms with E-state index in [1.165, 1.54) is 46.3 Å². The Morgan fingerprint density at radius 2 is 1.59 bits per heavy atom. The Morgan fingerprint density at radius 3 is 2.26 bits per heavy atom. The number of aromatic nitrogens is 1. The van der Waals surface area contributed by atoms with Gasteiger partial charge >= 0.3 is 5.79 Å². The first-order chi connectivity index (χ1) is 27.4. The van der Waals surface area contributed by atoms with E-state index in [0.29, 0.717) is 17.9 Å². The van der Waals surface area contributed by atoms with Crippen molar-refractivity contribution in [2.45, 2.75) is 92.5 Å². The monoisotopic (exact) mass is 800 g/mol. The second kappa shape index (κ2) is 16.2. The highest BCUT2D eigenvalue weighted by molar-refractivity contribution is 6.26. The maximum absolute atomic E-state index is 14.6. The normalized spacial score (nSPS) is 30.5. The van der Waals surface area contributed by atoms with Crippen LogP contribution in [0.3, 0.4) is 0 Å². The number of aryl methyl sites for hydroxylation is 1. The standard InChI is InChI=1S/C44H52N2O12/c1-11-55-38-20(3)15-16-26-40(38)57-41-31(45-26)28-29-36(50)25(8)39-30(28)42(52)44(9,58-39)56-18-17-27(54-10)22(5)34(48)24(7)35(49)23(6)33(47)19(2)13-12-14-21(4)43(53)46-32(41)37(29)51/h12-19,22-24,27,33-35,47-49,51H,11H2,1-10H3,(H,46,53)/b13-12+,18-17+,21-14-/t19-,22+,23+,24-,27-,33-,34+,35+,44-/m0/s1. The molecule has 4 aromatic rings. The fourth-order valence-corrected chi connectivity index (χ4v) is 7.88. The van der Waals surface area contributed by atoms with E-state index in [9.17, 15) is 34.8 Å². The number of aliphatic hydroxyl groups is 3. The molecule has 6 rings (SSSR count). The fourth-order valence-electron chi connectivity index (χ4n) is 7.88. The number of nitrogens with zero attached hydrogens (tertiary/aromatic N) is 1. The molecule has 0 saturated carbocycles. The average Bonchev–Trinajstić information content (AvgIpc) is 3.47. The van der Waals surface area contributed by atoms with Gasteiger partial charge in [0.05, 0.1) is 48.2 Å². The summed E-state index contributed by atoms with van der Waals surface area (Å²) in [4.78, 5) is 47.5. The predicted molar refractivity (Wildman–Crippen MR) is 218 cm³/mol. The van der Waals surface area contributed by atoms with Gasteiger partial charge in [-0.3, -0.25) is 14.4 Å². The number of benzene rings is 3. The number of phenolic OH excluding ortho intramolecular Hbond substituents is 1. The molecule has 14 nitrogen and oxygen atoms in total. The molecule has 5 bridgehead atoms. The third-order valence-electron chi connectivity index (χ3n) is 11.7. The van der Waals surface area contributed by atoms with Crippen LogP contribution in [0.4, 0.5) is 5.69 Å². The Hall–Kier alpha value is -5.28. The highest BCUT2D eigenvalue weighted by Gasteiger charge is 2.49. The fraction of sp³-hybridized carbons (Fsp3) is 0.455. The Labute approximate surface area is 335 Å². The summed E-state index contributed by atoms with van der Waals surface area (Å²) in [7, 11) is 1.44. The van der Waals surface area contributed by atoms with Gasteiger partial charge in [0.25, 0.3) is 11.7 Å². The number of amides is 1. The van der Waals surface area contributed by atoms with Crippen molar-refractivity contribution in [3.8, 4) is 17.2 Å². The number of hydrogen-bond donors (Lipinski definition) is 5. The van der Waals surface area contributed by atoms with Crippen LogP contribution in [0.25, 0.3) is 33.0 Å². The summed E-state index contributed by atoms with van der Waals surface area (Å²) in [6.07, 6.45) is 3.52. The van der Waals surface area contributed by atoms with Crippen LogP contribution in [0.15, 0.2) is 57.5 Å². The smallest absolute Gasteiger partial charge is 0.312 e. The number of fused-ring (bicyclic) bond motifs is 5. The molecule has 3 aromatic carbocycles. The molecule has 0 aliphatic carbocycles. The van der Waals surface area contributed by atoms with Gasteiger partial charge in [-0.05, 0) is 45.4 Å². The maximum Gasteiger partial charge on any atom is 0.312 e. The molecular weight excluding hydrogens is 748 g/mol. The van der Waals surface area contributed by atoms with Crippen LogP contribution in [0.1, 0.15) is 70.0 Å². The van der Waals surface area contributed by atoms with Crippen molar-refractivity contribution in [2.24, 2.45) is 23.7 Å². The van der Waals surface area contributed by atoms with Crippen LogP contribution >= 0.6 is 0 Å². The summed E-state index contributed by atoms with van der Waals surface area (Å²) in [6.45, 7) is 15.2. The first kappa shape index (κ1) is 42.3. The SMILES string of the molecule is CCOc1c(C)ccc2nc3c(oc12)c1c(O)c2c(=O)c(C)c4c(c23)C(=O)[C@@](C)(O/C=C/[C@H](OC)[C@@H](C)[C@@H](O)[C@H](C)[C@H](O)[C@H](C)[C@@H](O)[C@@H](C)/C=C/C=C(/C)C(=O)N1)O4. The molecule has 9 atom stereocenters. The maximum atomic E-state index is 14.6. The average molecular weight is 801 g/mol. The molecule has 0 unspecified atom stereocenters. The van der Waals surface area contributed by atoms with Crippen molar-refractivity contribution >= 4 is 50.3 Å². The Morgan fingerprint density at radius 1 is 0.914 bits per heavy atom. The molecule has 0 saturated heterocycles. The highest BCUT2D eigenvalue weighted by Crippen LogP contribution is 2.49. The first-order valence-corrected chi connectivity index (χ1v) is 19.4. The number of aromatic hydroxyl groups is 1. The van der Waals surface area contributed by atoms with E-state index in [-0.39, 0.29) is 55.6 Å². The van der Waals surface area contributed by atoms with Crippen LogP contribution < -0.4 is 20.2 Å². The summed E-state index contributed by atoms with van der Waals surface area (Å²) in [5.74, 6) is -6.16. The van der Waals surface area contributed by atoms with Crippen LogP contribution in [-0.4, -0.2) is 81.0 Å². The number of allylic oxidation sites excluding steroid dienone is 2. The number of anilines is 1. The second-order valence-corrected chi connectivity index (χ2v) is 15.6. The summed E-state index contributed by atoms with van der Waals surface area (Å²) in [6, 6.07) is 3.48. The molecule has 2 aliphatic rings. The number of methoxy groups -OCH3 is 1. The zero-order chi connectivity index (χ0) is 42.5. The minimum Gasteiger partial charge on any atom is -0.505 e. The number of nitrogens with one attached hydrogen (secondary N) is 1. The number of carbonyl (C=O) groups is 2. The molecule has 58 heavy (non-hydrogen) atoms. The van der Waals surface area contributed by atoms with Crippen molar-refractivity contribution in [1.82, 2.24) is 4.98 Å². The first-order valence-electron chi connectivity index (χ1n) is 19.4. The van der Waals surface area contributed by atoms with Gasteiger partial charge in [-0.25, -0.2) is 4.98 Å². The largest absolute Gasteiger partial charge is 0.505 e. The van der Waals surface area contributed by atoms with Gasteiger partial charge in [0, 0.05) is 54.2 Å². The molecule has 310 valence electrons. The minimum absolute atomic E-state index is 0.00222. The number of aliphatic hydroxyl groups excluding tert-OH is 3. The van der Waals surface area contributed by atoms with E-state index in [4.69, 9.17) is 28.3 Å². The van der Waals surface area contributed by atoms with Crippen LogP contribution in [0, 0.1) is 37.5 Å². The number of ether oxygens (including phenoxy) is 4. The van der Waals surface area contributed by atoms with Crippen LogP contribution in [0.5, 0.6) is 17.2 Å². The lowest BCUT2D eigenvalue weighted by atomic mass is 9.78. The number of carbonyl (C=O) groups excluding carboxylic acids is 2. The van der Waals surface area contributed by atoms with E-state index in [0.717, 1.165) is 5.56 Å². The van der Waals surface area contributed by atoms with Gasteiger partial charge in [0.2, 0.25) is 0 Å². The second-order valence-electron chi connectivity index (χ2n) is 15.6. The van der Waals surface area contributed by atoms with Gasteiger partial charge in [0.1, 0.15) is 22.5 Å². The Bertz CT molecular complexity index is 2450. The number of Topliss-reactive ketones (excluding diaryl/α,β-unsaturated/α-hetero) is 1. The van der Waals surface area contributed by atoms with Crippen molar-refractivity contribution in [1.29, 1.82) is 0 Å². The van der Waals surface area contributed by atoms with Crippen molar-refractivity contribution in [3.05, 3.63) is 75.2 Å². The lowest BCUT2D eigenvalue weighted by Gasteiger charge is -2.36. The van der Waals surface area contributed by atoms with Gasteiger partial charge < -0.3 is 49.1 Å². The summed E-state index contributed by atoms with van der Waals surface area (Å²) < 4.78 is 30.2. The topological polar surface area (TPSA) is 207 Å². The van der Waals surface area contributed by atoms with Crippen LogP contribution in [0.2, 0.25) is 0 Å². The van der Waals surface area contributed by atoms with Crippen molar-refractivity contribution < 1.29 is 53.4 Å². The molecule has 1 aromatic heterocycles. The number of phenols is 1. The Balaban J connectivity index is 1.63. The lowest BCUT2D eigenvalue weighted by molar-refractivity contribution is -0.112. The quantitative estimate of drug-likeness (QED) is 0.0899.